The molecule has 2 atom stereocenters. The zero-order valence-electron chi connectivity index (χ0n) is 14.8. The topological polar surface area (TPSA) is 114 Å². The Morgan fingerprint density at radius 1 is 1.29 bits per heavy atom. The standard InChI is InChI=1S/C15H27N3O4S2/c1-10(2)23-24-11(9-17)8-12(13(19)21-7-6-16)18-14(20)22-15(3,4)5/h10-12H,7-9,17H2,1-5H3,(H,18,20). The zero-order chi connectivity index (χ0) is 18.8. The molecule has 0 bridgehead atoms. The molecule has 0 saturated heterocycles. The maximum atomic E-state index is 12.1. The van der Waals surface area contributed by atoms with Crippen molar-refractivity contribution in [1.82, 2.24) is 5.32 Å². The molecule has 9 heteroatoms. The van der Waals surface area contributed by atoms with E-state index in [2.05, 4.69) is 19.2 Å². The molecule has 0 aromatic carbocycles. The average Bonchev–Trinajstić information content (AvgIpc) is 2.45. The highest BCUT2D eigenvalue weighted by molar-refractivity contribution is 8.77. The normalized spacial score (nSPS) is 13.8. The Bertz CT molecular complexity index is 447. The molecule has 0 fully saturated rings. The molecule has 0 aromatic heterocycles. The fourth-order valence-electron chi connectivity index (χ4n) is 1.50. The molecule has 0 aromatic rings. The summed E-state index contributed by atoms with van der Waals surface area (Å²) in [6.07, 6.45) is -0.414. The van der Waals surface area contributed by atoms with Crippen LogP contribution in [0.15, 0.2) is 0 Å². The second kappa shape index (κ2) is 11.4. The van der Waals surface area contributed by atoms with Crippen molar-refractivity contribution in [3.63, 3.8) is 0 Å². The van der Waals surface area contributed by atoms with E-state index in [1.165, 1.54) is 0 Å². The maximum absolute atomic E-state index is 12.1. The van der Waals surface area contributed by atoms with E-state index in [1.54, 1.807) is 48.4 Å². The van der Waals surface area contributed by atoms with Crippen LogP contribution in [0.5, 0.6) is 0 Å². The fraction of sp³-hybridized carbons (Fsp3) is 0.800. The van der Waals surface area contributed by atoms with E-state index in [-0.39, 0.29) is 11.9 Å². The molecular weight excluding hydrogens is 350 g/mol. The van der Waals surface area contributed by atoms with Crippen LogP contribution < -0.4 is 11.1 Å². The van der Waals surface area contributed by atoms with Crippen LogP contribution >= 0.6 is 21.6 Å². The maximum Gasteiger partial charge on any atom is 0.408 e. The molecule has 2 unspecified atom stereocenters. The number of rotatable bonds is 9. The first kappa shape index (κ1) is 22.9. The molecule has 1 amide bonds. The monoisotopic (exact) mass is 377 g/mol. The van der Waals surface area contributed by atoms with Crippen LogP contribution in [0.1, 0.15) is 41.0 Å². The highest BCUT2D eigenvalue weighted by Gasteiger charge is 2.28. The molecule has 3 N–H and O–H groups in total. The van der Waals surface area contributed by atoms with Gasteiger partial charge in [0.05, 0.1) is 0 Å². The van der Waals surface area contributed by atoms with E-state index >= 15 is 0 Å². The average molecular weight is 378 g/mol. The number of esters is 1. The molecule has 138 valence electrons. The molecule has 0 spiro atoms. The van der Waals surface area contributed by atoms with Crippen molar-refractivity contribution < 1.29 is 19.1 Å². The highest BCUT2D eigenvalue weighted by Crippen LogP contribution is 2.32. The summed E-state index contributed by atoms with van der Waals surface area (Å²) in [5.74, 6) is -0.670. The predicted octanol–water partition coefficient (Wildman–Crippen LogP) is 2.45. The van der Waals surface area contributed by atoms with Gasteiger partial charge in [0.1, 0.15) is 17.7 Å². The quantitative estimate of drug-likeness (QED) is 0.465. The minimum absolute atomic E-state index is 0.0491. The van der Waals surface area contributed by atoms with E-state index in [0.717, 1.165) is 0 Å². The number of carbonyl (C=O) groups excluding carboxylic acids is 2. The van der Waals surface area contributed by atoms with Crippen LogP contribution in [0.4, 0.5) is 4.79 Å². The number of nitriles is 1. The SMILES string of the molecule is CC(C)SSC(CN)CC(NC(=O)OC(C)(C)C)C(=O)OCC#N. The molecule has 0 aliphatic heterocycles. The van der Waals surface area contributed by atoms with E-state index in [4.69, 9.17) is 20.5 Å². The first-order valence-electron chi connectivity index (χ1n) is 7.64. The third-order valence-corrected chi connectivity index (χ3v) is 5.86. The number of carbonyl (C=O) groups is 2. The number of nitrogens with two attached hydrogens (primary N) is 1. The summed E-state index contributed by atoms with van der Waals surface area (Å²) in [5.41, 5.74) is 5.08. The lowest BCUT2D eigenvalue weighted by molar-refractivity contribution is -0.144. The number of alkyl carbamates (subject to hydrolysis) is 1. The van der Waals surface area contributed by atoms with Crippen molar-refractivity contribution in [2.24, 2.45) is 5.73 Å². The third kappa shape index (κ3) is 11.4. The van der Waals surface area contributed by atoms with Crippen LogP contribution in [-0.4, -0.2) is 47.4 Å². The van der Waals surface area contributed by atoms with Crippen LogP contribution in [-0.2, 0) is 14.3 Å². The summed E-state index contributed by atoms with van der Waals surface area (Å²) >= 11 is 0. The van der Waals surface area contributed by atoms with Gasteiger partial charge in [-0.15, -0.1) is 0 Å². The Morgan fingerprint density at radius 3 is 2.38 bits per heavy atom. The van der Waals surface area contributed by atoms with Crippen LogP contribution in [0.3, 0.4) is 0 Å². The van der Waals surface area contributed by atoms with Crippen molar-refractivity contribution in [2.45, 2.75) is 63.2 Å². The number of ether oxygens (including phenoxy) is 2. The third-order valence-electron chi connectivity index (χ3n) is 2.40. The van der Waals surface area contributed by atoms with Crippen molar-refractivity contribution in [3.05, 3.63) is 0 Å². The summed E-state index contributed by atoms with van der Waals surface area (Å²) in [6.45, 7) is 9.29. The largest absolute Gasteiger partial charge is 0.449 e. The van der Waals surface area contributed by atoms with Crippen LogP contribution in [0.25, 0.3) is 0 Å². The second-order valence-electron chi connectivity index (χ2n) is 6.30. The Hall–Kier alpha value is -1.11. The van der Waals surface area contributed by atoms with Gasteiger partial charge in [-0.05, 0) is 27.2 Å². The minimum Gasteiger partial charge on any atom is -0.449 e. The Balaban J connectivity index is 4.87. The van der Waals surface area contributed by atoms with Crippen molar-refractivity contribution in [3.8, 4) is 6.07 Å². The van der Waals surface area contributed by atoms with Gasteiger partial charge in [0, 0.05) is 17.0 Å². The molecule has 0 radical (unpaired) electrons. The van der Waals surface area contributed by atoms with Gasteiger partial charge >= 0.3 is 12.1 Å². The van der Waals surface area contributed by atoms with Gasteiger partial charge in [-0.3, -0.25) is 0 Å². The summed E-state index contributed by atoms with van der Waals surface area (Å²) < 4.78 is 10.00. The number of hydrogen-bond acceptors (Lipinski definition) is 8. The molecule has 7 nitrogen and oxygen atoms in total. The number of amides is 1. The van der Waals surface area contributed by atoms with Crippen molar-refractivity contribution in [1.29, 1.82) is 5.26 Å². The molecule has 0 aliphatic rings. The van der Waals surface area contributed by atoms with Gasteiger partial charge in [-0.25, -0.2) is 9.59 Å². The van der Waals surface area contributed by atoms with Gasteiger partial charge in [-0.2, -0.15) is 5.26 Å². The fourth-order valence-corrected chi connectivity index (χ4v) is 3.83. The van der Waals surface area contributed by atoms with Gasteiger partial charge in [0.25, 0.3) is 0 Å². The number of nitrogens with zero attached hydrogens (tertiary/aromatic N) is 1. The summed E-state index contributed by atoms with van der Waals surface area (Å²) in [7, 11) is 3.22. The lowest BCUT2D eigenvalue weighted by Crippen LogP contribution is -2.46. The van der Waals surface area contributed by atoms with E-state index in [1.807, 2.05) is 0 Å². The molecule has 0 rings (SSSR count). The van der Waals surface area contributed by atoms with Crippen molar-refractivity contribution >= 4 is 33.7 Å². The van der Waals surface area contributed by atoms with Crippen LogP contribution in [0, 0.1) is 11.3 Å². The Kier molecular flexibility index (Phi) is 10.9. The number of nitrogens with one attached hydrogen (secondary N) is 1. The zero-order valence-corrected chi connectivity index (χ0v) is 16.5. The van der Waals surface area contributed by atoms with Gasteiger partial charge in [0.2, 0.25) is 0 Å². The Morgan fingerprint density at radius 2 is 1.92 bits per heavy atom. The van der Waals surface area contributed by atoms with Gasteiger partial charge < -0.3 is 20.5 Å². The first-order valence-corrected chi connectivity index (χ1v) is 9.92. The lowest BCUT2D eigenvalue weighted by Gasteiger charge is -2.24. The summed E-state index contributed by atoms with van der Waals surface area (Å²) in [6, 6.07) is 0.817. The molecule has 0 saturated carbocycles. The number of hydrogen-bond donors (Lipinski definition) is 2. The lowest BCUT2D eigenvalue weighted by atomic mass is 10.1. The molecule has 0 heterocycles. The second-order valence-corrected chi connectivity index (χ2v) is 9.45. The van der Waals surface area contributed by atoms with Crippen molar-refractivity contribution in [2.75, 3.05) is 13.2 Å². The van der Waals surface area contributed by atoms with Crippen LogP contribution in [0.2, 0.25) is 0 Å². The summed E-state index contributed by atoms with van der Waals surface area (Å²) in [5, 5.41) is 11.4. The summed E-state index contributed by atoms with van der Waals surface area (Å²) in [4.78, 5) is 24.0. The molecule has 24 heavy (non-hydrogen) atoms. The smallest absolute Gasteiger partial charge is 0.408 e. The Labute approximate surface area is 151 Å². The van der Waals surface area contributed by atoms with Gasteiger partial charge in [0.15, 0.2) is 6.61 Å². The first-order chi connectivity index (χ1) is 11.1. The van der Waals surface area contributed by atoms with E-state index in [9.17, 15) is 9.59 Å². The minimum atomic E-state index is -0.915. The van der Waals surface area contributed by atoms with Gasteiger partial charge in [-0.1, -0.05) is 35.4 Å². The molecule has 0 aliphatic carbocycles. The highest BCUT2D eigenvalue weighted by atomic mass is 33.1. The molecular formula is C15H27N3O4S2. The predicted molar refractivity (Wildman–Crippen MR) is 97.5 cm³/mol. The van der Waals surface area contributed by atoms with E-state index < -0.39 is 23.7 Å². The van der Waals surface area contributed by atoms with E-state index in [0.29, 0.717) is 18.2 Å².